The maximum atomic E-state index is 11.4. The molecule has 3 aliphatic rings. The molecule has 0 bridgehead atoms. The molecule has 2 amide bonds. The van der Waals surface area contributed by atoms with E-state index >= 15 is 0 Å². The summed E-state index contributed by atoms with van der Waals surface area (Å²) in [5.74, 6) is 0.242. The van der Waals surface area contributed by atoms with Crippen LogP contribution in [0.2, 0.25) is 0 Å². The molecule has 152 valence electrons. The van der Waals surface area contributed by atoms with E-state index in [9.17, 15) is 14.7 Å². The molecule has 8 heteroatoms. The first-order chi connectivity index (χ1) is 11.8. The van der Waals surface area contributed by atoms with Gasteiger partial charge in [0.05, 0.1) is 0 Å². The minimum absolute atomic E-state index is 0. The van der Waals surface area contributed by atoms with Crippen molar-refractivity contribution in [3.05, 3.63) is 0 Å². The zero-order valence-corrected chi connectivity index (χ0v) is 14.6. The first-order valence-corrected chi connectivity index (χ1v) is 9.25. The highest BCUT2D eigenvalue weighted by Gasteiger charge is 2.33. The molecule has 0 spiro atoms. The molecular weight excluding hydrogens is 336 g/mol. The van der Waals surface area contributed by atoms with Crippen LogP contribution in [0.15, 0.2) is 0 Å². The number of aliphatic hydroxyl groups is 2. The van der Waals surface area contributed by atoms with Gasteiger partial charge in [0.2, 0.25) is 5.91 Å². The summed E-state index contributed by atoms with van der Waals surface area (Å²) in [6.07, 6.45) is 6.11. The van der Waals surface area contributed by atoms with Crippen LogP contribution in [0.5, 0.6) is 0 Å². The van der Waals surface area contributed by atoms with Gasteiger partial charge in [-0.15, -0.1) is 0 Å². The molecule has 26 heavy (non-hydrogen) atoms. The Balaban J connectivity index is 0.000000258. The molecule has 3 aliphatic carbocycles. The average molecular weight is 373 g/mol. The molecule has 0 radical (unpaired) electrons. The van der Waals surface area contributed by atoms with Crippen molar-refractivity contribution >= 4 is 11.8 Å². The fourth-order valence-electron chi connectivity index (χ4n) is 2.65. The molecule has 4 atom stereocenters. The summed E-state index contributed by atoms with van der Waals surface area (Å²) in [5.41, 5.74) is 16.1. The van der Waals surface area contributed by atoms with Gasteiger partial charge in [-0.2, -0.15) is 0 Å². The molecule has 2 unspecified atom stereocenters. The van der Waals surface area contributed by atoms with E-state index in [-0.39, 0.29) is 19.4 Å². The van der Waals surface area contributed by atoms with Crippen molar-refractivity contribution in [3.63, 3.8) is 0 Å². The number of aliphatic hydroxyl groups excluding tert-OH is 2. The summed E-state index contributed by atoms with van der Waals surface area (Å²) >= 11 is 0. The zero-order chi connectivity index (χ0) is 18.6. The lowest BCUT2D eigenvalue weighted by molar-refractivity contribution is -0.130. The smallest absolute Gasteiger partial charge is 0.250 e. The van der Waals surface area contributed by atoms with Gasteiger partial charge in [0.15, 0.2) is 0 Å². The predicted molar refractivity (Wildman–Crippen MR) is 99.7 cm³/mol. The highest BCUT2D eigenvalue weighted by atomic mass is 16.3. The Morgan fingerprint density at radius 2 is 1.31 bits per heavy atom. The van der Waals surface area contributed by atoms with Crippen LogP contribution in [-0.2, 0) is 9.59 Å². The Hall–Kier alpha value is -1.22. The van der Waals surface area contributed by atoms with Crippen molar-refractivity contribution in [1.82, 2.24) is 5.32 Å². The van der Waals surface area contributed by atoms with Crippen molar-refractivity contribution < 1.29 is 19.8 Å². The van der Waals surface area contributed by atoms with Gasteiger partial charge in [0.1, 0.15) is 12.2 Å². The lowest BCUT2D eigenvalue weighted by Crippen LogP contribution is -2.47. The summed E-state index contributed by atoms with van der Waals surface area (Å²) in [6, 6.07) is -0.563. The lowest BCUT2D eigenvalue weighted by atomic mass is 10.0. The van der Waals surface area contributed by atoms with Crippen LogP contribution in [0.4, 0.5) is 0 Å². The lowest BCUT2D eigenvalue weighted by Gasteiger charge is -2.17. The maximum absolute atomic E-state index is 11.4. The number of primary amides is 1. The third-order valence-electron chi connectivity index (χ3n) is 4.90. The van der Waals surface area contributed by atoms with Gasteiger partial charge in [0.25, 0.3) is 5.91 Å². The number of nitrogens with one attached hydrogen (secondary N) is 1. The molecule has 9 N–H and O–H groups in total. The fourth-order valence-corrected chi connectivity index (χ4v) is 2.65. The van der Waals surface area contributed by atoms with Crippen molar-refractivity contribution in [2.75, 3.05) is 0 Å². The van der Waals surface area contributed by atoms with Crippen LogP contribution in [0.3, 0.4) is 0 Å². The fraction of sp³-hybridized carbons (Fsp3) is 0.889. The Bertz CT molecular complexity index is 464. The van der Waals surface area contributed by atoms with Gasteiger partial charge in [-0.05, 0) is 37.5 Å². The molecule has 8 nitrogen and oxygen atoms in total. The first-order valence-electron chi connectivity index (χ1n) is 9.25. The molecule has 3 fully saturated rings. The highest BCUT2D eigenvalue weighted by Crippen LogP contribution is 2.34. The minimum atomic E-state index is -1.17. The summed E-state index contributed by atoms with van der Waals surface area (Å²) in [4.78, 5) is 21.8. The molecule has 3 rings (SSSR count). The Morgan fingerprint density at radius 3 is 1.65 bits per heavy atom. The number of rotatable bonds is 9. The van der Waals surface area contributed by atoms with Crippen LogP contribution < -0.4 is 22.5 Å². The number of nitrogens with two attached hydrogens (primary N) is 3. The molecule has 0 aromatic heterocycles. The highest BCUT2D eigenvalue weighted by molar-refractivity contribution is 5.81. The summed E-state index contributed by atoms with van der Waals surface area (Å²) in [5, 5.41) is 21.4. The second-order valence-electron chi connectivity index (χ2n) is 7.76. The van der Waals surface area contributed by atoms with Crippen LogP contribution in [0.1, 0.15) is 58.8 Å². The number of hydrogen-bond acceptors (Lipinski definition) is 6. The zero-order valence-electron chi connectivity index (χ0n) is 14.6. The summed E-state index contributed by atoms with van der Waals surface area (Å²) in [7, 11) is 0. The molecule has 0 aliphatic heterocycles. The Kier molecular flexibility index (Phi) is 8.95. The van der Waals surface area contributed by atoms with Crippen molar-refractivity contribution in [2.45, 2.75) is 89.1 Å². The van der Waals surface area contributed by atoms with Gasteiger partial charge < -0.3 is 32.7 Å². The molecule has 0 aromatic rings. The van der Waals surface area contributed by atoms with Gasteiger partial charge in [-0.25, -0.2) is 0 Å². The van der Waals surface area contributed by atoms with Gasteiger partial charge in [-0.3, -0.25) is 9.59 Å². The SMILES string of the molecule is C.NC(=O)C(O)[C@@H](N)CC1CC1.N[C@@H](CC1CC1)C(O)C(=O)NC1CC1. The van der Waals surface area contributed by atoms with Crippen molar-refractivity contribution in [2.24, 2.45) is 29.0 Å². The second kappa shape index (κ2) is 10.2. The van der Waals surface area contributed by atoms with Crippen LogP contribution >= 0.6 is 0 Å². The van der Waals surface area contributed by atoms with Gasteiger partial charge in [-0.1, -0.05) is 33.1 Å². The van der Waals surface area contributed by atoms with Crippen molar-refractivity contribution in [1.29, 1.82) is 0 Å². The summed E-state index contributed by atoms with van der Waals surface area (Å²) in [6.45, 7) is 0. The van der Waals surface area contributed by atoms with E-state index in [2.05, 4.69) is 5.32 Å². The van der Waals surface area contributed by atoms with Crippen LogP contribution in [0.25, 0.3) is 0 Å². The minimum Gasteiger partial charge on any atom is -0.382 e. The predicted octanol–water partition coefficient (Wildman–Crippen LogP) is -0.651. The first kappa shape index (κ1) is 22.8. The number of amides is 2. The standard InChI is InChI=1S/C10H18N2O2.C7H14N2O2.CH4/c11-8(5-6-1-2-6)9(13)10(14)12-7-3-4-7;8-5(3-4-1-2-4)6(10)7(9)11;/h6-9,13H,1-5,11H2,(H,12,14);4-6,10H,1-3,8H2,(H2,9,11);1H4/t8-,9?;5-,6?;/m00./s1. The molecule has 0 aromatic carbocycles. The summed E-state index contributed by atoms with van der Waals surface area (Å²) < 4.78 is 0. The van der Waals surface area contributed by atoms with E-state index < -0.39 is 24.2 Å². The van der Waals surface area contributed by atoms with Crippen LogP contribution in [0, 0.1) is 11.8 Å². The number of hydrogen-bond donors (Lipinski definition) is 6. The van der Waals surface area contributed by atoms with Crippen molar-refractivity contribution in [3.8, 4) is 0 Å². The molecular formula is C18H36N4O4. The molecule has 0 heterocycles. The third kappa shape index (κ3) is 8.44. The monoisotopic (exact) mass is 372 g/mol. The Labute approximate surface area is 155 Å². The van der Waals surface area contributed by atoms with E-state index in [1.54, 1.807) is 0 Å². The normalized spacial score (nSPS) is 23.4. The topological polar surface area (TPSA) is 165 Å². The van der Waals surface area contributed by atoms with Gasteiger partial charge >= 0.3 is 0 Å². The Morgan fingerprint density at radius 1 is 0.885 bits per heavy atom. The maximum Gasteiger partial charge on any atom is 0.250 e. The van der Waals surface area contributed by atoms with E-state index in [0.717, 1.165) is 19.3 Å². The van der Waals surface area contributed by atoms with E-state index in [0.29, 0.717) is 24.3 Å². The third-order valence-corrected chi connectivity index (χ3v) is 4.90. The molecule has 3 saturated carbocycles. The number of carbonyl (C=O) groups is 2. The molecule has 0 saturated heterocycles. The van der Waals surface area contributed by atoms with Gasteiger partial charge in [0, 0.05) is 18.1 Å². The van der Waals surface area contributed by atoms with E-state index in [1.165, 1.54) is 25.7 Å². The van der Waals surface area contributed by atoms with E-state index in [1.807, 2.05) is 0 Å². The average Bonchev–Trinajstić information content (AvgIpc) is 3.37. The largest absolute Gasteiger partial charge is 0.382 e. The van der Waals surface area contributed by atoms with E-state index in [4.69, 9.17) is 22.3 Å². The quantitative estimate of drug-likeness (QED) is 0.315. The number of carbonyl (C=O) groups excluding carboxylic acids is 2. The second-order valence-corrected chi connectivity index (χ2v) is 7.76. The van der Waals surface area contributed by atoms with Crippen LogP contribution in [-0.4, -0.2) is 52.4 Å².